The quantitative estimate of drug-likeness (QED) is 0.378. The number of carbonyl (C=O) groups is 2. The number of rotatable bonds is 5. The normalized spacial score (nSPS) is 15.9. The number of carbonyl (C=O) groups excluding carboxylic acids is 2. The molecule has 0 bridgehead atoms. The standard InChI is InChI=1S/C25H18ClF5N2O3/c1-11(34)4-12-5-18-21(22(33-24(18)36)17-10-15(27)2-3-19(17)26)20(6-12)32-23(35)13-7-14(25(29,30)31)9-16(28)8-13/h2-3,5-11,22,34H,4H2,1H3,(H,32,35)(H,33,36). The maximum atomic E-state index is 14.0. The van der Waals surface area contributed by atoms with Crippen molar-refractivity contribution in [2.45, 2.75) is 31.7 Å². The van der Waals surface area contributed by atoms with E-state index in [-0.39, 0.29) is 39.9 Å². The molecule has 11 heteroatoms. The summed E-state index contributed by atoms with van der Waals surface area (Å²) in [6, 6.07) is 6.88. The van der Waals surface area contributed by atoms with Crippen molar-refractivity contribution in [2.75, 3.05) is 5.32 Å². The molecule has 2 unspecified atom stereocenters. The fraction of sp³-hybridized carbons (Fsp3) is 0.200. The Labute approximate surface area is 206 Å². The van der Waals surface area contributed by atoms with E-state index < -0.39 is 52.9 Å². The molecule has 2 atom stereocenters. The monoisotopic (exact) mass is 524 g/mol. The molecule has 1 aliphatic rings. The molecule has 3 N–H and O–H groups in total. The van der Waals surface area contributed by atoms with Gasteiger partial charge in [-0.2, -0.15) is 13.2 Å². The predicted octanol–water partition coefficient (Wildman–Crippen LogP) is 5.65. The van der Waals surface area contributed by atoms with Crippen molar-refractivity contribution in [1.29, 1.82) is 0 Å². The van der Waals surface area contributed by atoms with Gasteiger partial charge in [-0.1, -0.05) is 11.6 Å². The van der Waals surface area contributed by atoms with Gasteiger partial charge in [-0.3, -0.25) is 9.59 Å². The summed E-state index contributed by atoms with van der Waals surface area (Å²) >= 11 is 6.24. The number of halogens is 6. The molecule has 1 heterocycles. The number of aliphatic hydroxyl groups excluding tert-OH is 1. The van der Waals surface area contributed by atoms with Gasteiger partial charge in [0.2, 0.25) is 0 Å². The lowest BCUT2D eigenvalue weighted by atomic mass is 9.93. The first-order valence-electron chi connectivity index (χ1n) is 10.6. The van der Waals surface area contributed by atoms with Crippen LogP contribution in [0.3, 0.4) is 0 Å². The maximum absolute atomic E-state index is 14.0. The van der Waals surface area contributed by atoms with Gasteiger partial charge < -0.3 is 15.7 Å². The Morgan fingerprint density at radius 2 is 1.83 bits per heavy atom. The lowest BCUT2D eigenvalue weighted by molar-refractivity contribution is -0.137. The van der Waals surface area contributed by atoms with Gasteiger partial charge in [0.15, 0.2) is 0 Å². The van der Waals surface area contributed by atoms with E-state index in [4.69, 9.17) is 11.6 Å². The number of amides is 2. The Kier molecular flexibility index (Phi) is 6.76. The fourth-order valence-corrected chi connectivity index (χ4v) is 4.33. The molecular weight excluding hydrogens is 507 g/mol. The van der Waals surface area contributed by atoms with Gasteiger partial charge in [-0.05, 0) is 67.4 Å². The number of hydrogen-bond acceptors (Lipinski definition) is 3. The summed E-state index contributed by atoms with van der Waals surface area (Å²) in [5.74, 6) is -3.53. The van der Waals surface area contributed by atoms with Crippen LogP contribution in [0.15, 0.2) is 48.5 Å². The molecule has 5 nitrogen and oxygen atoms in total. The Balaban J connectivity index is 1.83. The smallest absolute Gasteiger partial charge is 0.393 e. The summed E-state index contributed by atoms with van der Waals surface area (Å²) in [4.78, 5) is 25.7. The molecule has 0 spiro atoms. The van der Waals surface area contributed by atoms with Crippen LogP contribution in [0, 0.1) is 11.6 Å². The molecule has 2 amide bonds. The van der Waals surface area contributed by atoms with Crippen LogP contribution in [0.4, 0.5) is 27.6 Å². The number of aliphatic hydroxyl groups is 1. The van der Waals surface area contributed by atoms with E-state index in [1.165, 1.54) is 25.1 Å². The first kappa shape index (κ1) is 25.6. The third-order valence-corrected chi connectivity index (χ3v) is 5.93. The highest BCUT2D eigenvalue weighted by atomic mass is 35.5. The minimum atomic E-state index is -4.88. The summed E-state index contributed by atoms with van der Waals surface area (Å²) < 4.78 is 67.3. The number of nitrogens with one attached hydrogen (secondary N) is 2. The zero-order valence-corrected chi connectivity index (χ0v) is 19.3. The summed E-state index contributed by atoms with van der Waals surface area (Å²) in [7, 11) is 0. The van der Waals surface area contributed by atoms with E-state index in [0.717, 1.165) is 12.1 Å². The molecule has 3 aromatic carbocycles. The lowest BCUT2D eigenvalue weighted by Gasteiger charge is -2.19. The van der Waals surface area contributed by atoms with Crippen molar-refractivity contribution >= 4 is 29.1 Å². The summed E-state index contributed by atoms with van der Waals surface area (Å²) in [6.07, 6.45) is -5.61. The largest absolute Gasteiger partial charge is 0.416 e. The molecule has 0 aliphatic carbocycles. The second-order valence-corrected chi connectivity index (χ2v) is 8.82. The lowest BCUT2D eigenvalue weighted by Crippen LogP contribution is -2.21. The molecule has 4 rings (SSSR count). The van der Waals surface area contributed by atoms with Crippen LogP contribution in [0.5, 0.6) is 0 Å². The SMILES string of the molecule is CC(O)Cc1cc(NC(=O)c2cc(F)cc(C(F)(F)F)c2)c2c(c1)C(=O)NC2c1cc(F)ccc1Cl. The first-order chi connectivity index (χ1) is 16.8. The molecular formula is C25H18ClF5N2O3. The maximum Gasteiger partial charge on any atom is 0.416 e. The molecule has 1 aliphatic heterocycles. The predicted molar refractivity (Wildman–Crippen MR) is 122 cm³/mol. The minimum Gasteiger partial charge on any atom is -0.393 e. The number of fused-ring (bicyclic) bond motifs is 1. The highest BCUT2D eigenvalue weighted by Crippen LogP contribution is 2.40. The van der Waals surface area contributed by atoms with E-state index >= 15 is 0 Å². The highest BCUT2D eigenvalue weighted by molar-refractivity contribution is 6.31. The van der Waals surface area contributed by atoms with Crippen LogP contribution in [0.2, 0.25) is 5.02 Å². The van der Waals surface area contributed by atoms with E-state index in [0.29, 0.717) is 17.7 Å². The number of alkyl halides is 3. The average molecular weight is 525 g/mol. The van der Waals surface area contributed by atoms with E-state index in [1.807, 2.05) is 0 Å². The van der Waals surface area contributed by atoms with Crippen LogP contribution >= 0.6 is 11.6 Å². The first-order valence-corrected chi connectivity index (χ1v) is 11.0. The van der Waals surface area contributed by atoms with Gasteiger partial charge in [0.25, 0.3) is 11.8 Å². The van der Waals surface area contributed by atoms with E-state index in [1.54, 1.807) is 0 Å². The Morgan fingerprint density at radius 3 is 2.50 bits per heavy atom. The zero-order valence-electron chi connectivity index (χ0n) is 18.5. The highest BCUT2D eigenvalue weighted by Gasteiger charge is 2.35. The molecule has 3 aromatic rings. The molecule has 188 valence electrons. The third kappa shape index (κ3) is 5.19. The van der Waals surface area contributed by atoms with Gasteiger partial charge in [0, 0.05) is 33.0 Å². The molecule has 0 saturated carbocycles. The molecule has 0 fully saturated rings. The van der Waals surface area contributed by atoms with Gasteiger partial charge in [0.05, 0.1) is 17.7 Å². The Hall–Kier alpha value is -3.50. The van der Waals surface area contributed by atoms with Crippen molar-refractivity contribution < 1.29 is 36.6 Å². The van der Waals surface area contributed by atoms with Crippen LogP contribution in [0.1, 0.15) is 55.9 Å². The second-order valence-electron chi connectivity index (χ2n) is 8.41. The Bertz CT molecular complexity index is 1370. The molecule has 0 saturated heterocycles. The topological polar surface area (TPSA) is 78.4 Å². The van der Waals surface area contributed by atoms with Crippen molar-refractivity contribution in [3.05, 3.63) is 98.6 Å². The van der Waals surface area contributed by atoms with Crippen LogP contribution in [-0.4, -0.2) is 23.0 Å². The number of benzene rings is 3. The second kappa shape index (κ2) is 9.51. The Morgan fingerprint density at radius 1 is 1.11 bits per heavy atom. The average Bonchev–Trinajstić information content (AvgIpc) is 3.10. The fourth-order valence-electron chi connectivity index (χ4n) is 4.10. The van der Waals surface area contributed by atoms with E-state index in [9.17, 15) is 36.6 Å². The van der Waals surface area contributed by atoms with Gasteiger partial charge in [-0.25, -0.2) is 8.78 Å². The van der Waals surface area contributed by atoms with Crippen molar-refractivity contribution in [1.82, 2.24) is 5.32 Å². The molecule has 0 aromatic heterocycles. The van der Waals surface area contributed by atoms with Crippen LogP contribution < -0.4 is 10.6 Å². The van der Waals surface area contributed by atoms with Gasteiger partial charge in [-0.15, -0.1) is 0 Å². The van der Waals surface area contributed by atoms with Crippen LogP contribution in [0.25, 0.3) is 0 Å². The van der Waals surface area contributed by atoms with E-state index in [2.05, 4.69) is 10.6 Å². The molecule has 36 heavy (non-hydrogen) atoms. The van der Waals surface area contributed by atoms with Gasteiger partial charge >= 0.3 is 6.18 Å². The van der Waals surface area contributed by atoms with Crippen molar-refractivity contribution in [3.63, 3.8) is 0 Å². The van der Waals surface area contributed by atoms with Gasteiger partial charge in [0.1, 0.15) is 11.6 Å². The van der Waals surface area contributed by atoms with Crippen molar-refractivity contribution in [3.8, 4) is 0 Å². The molecule has 0 radical (unpaired) electrons. The number of hydrogen-bond donors (Lipinski definition) is 3. The summed E-state index contributed by atoms with van der Waals surface area (Å²) in [5.41, 5.74) is -1.01. The zero-order chi connectivity index (χ0) is 26.4. The minimum absolute atomic E-state index is 0.00893. The number of anilines is 1. The van der Waals surface area contributed by atoms with Crippen molar-refractivity contribution in [2.24, 2.45) is 0 Å². The van der Waals surface area contributed by atoms with Crippen LogP contribution in [-0.2, 0) is 12.6 Å². The summed E-state index contributed by atoms with van der Waals surface area (Å²) in [6.45, 7) is 1.51. The third-order valence-electron chi connectivity index (χ3n) is 5.58. The summed E-state index contributed by atoms with van der Waals surface area (Å²) in [5, 5.41) is 15.0.